The number of ether oxygens (including phenoxy) is 4. The molecule has 0 fully saturated rings. The molecule has 3 N–H and O–H groups in total. The molecule has 0 aliphatic rings. The first-order valence-electron chi connectivity index (χ1n) is 8.51. The highest BCUT2D eigenvalue weighted by Crippen LogP contribution is 2.38. The van der Waals surface area contributed by atoms with Crippen molar-refractivity contribution in [2.45, 2.75) is 0 Å². The van der Waals surface area contributed by atoms with Gasteiger partial charge in [-0.2, -0.15) is 0 Å². The minimum atomic E-state index is -0.800. The Morgan fingerprint density at radius 3 is 1.97 bits per heavy atom. The highest BCUT2D eigenvalue weighted by molar-refractivity contribution is 6.44. The van der Waals surface area contributed by atoms with E-state index in [1.54, 1.807) is 0 Å². The first-order chi connectivity index (χ1) is 14.3. The number of ketones is 2. The van der Waals surface area contributed by atoms with Gasteiger partial charge in [0.25, 0.3) is 0 Å². The van der Waals surface area contributed by atoms with Gasteiger partial charge >= 0.3 is 0 Å². The van der Waals surface area contributed by atoms with E-state index >= 15 is 0 Å². The summed E-state index contributed by atoms with van der Waals surface area (Å²) in [5.74, 6) is 2.63. The molecule has 2 aromatic rings. The monoisotopic (exact) mass is 416 g/mol. The Morgan fingerprint density at radius 2 is 1.47 bits per heavy atom. The van der Waals surface area contributed by atoms with Crippen LogP contribution in [0.1, 0.15) is 15.9 Å². The molecule has 0 saturated carbocycles. The standard InChI is InChI=1S/C21H20O9/c1-27-17-9-13(10-18(28-2)21(17)29-3)19(25)16(24)11-30-6-4-5-12-7-14(22)20(26)15(23)8-12/h7-10,22-23,26H,6,11H2,1-3H3. The van der Waals surface area contributed by atoms with Gasteiger partial charge in [-0.05, 0) is 24.3 Å². The van der Waals surface area contributed by atoms with Gasteiger partial charge < -0.3 is 34.3 Å². The van der Waals surface area contributed by atoms with Crippen LogP contribution in [0.4, 0.5) is 0 Å². The number of rotatable bonds is 8. The average molecular weight is 416 g/mol. The van der Waals surface area contributed by atoms with E-state index < -0.39 is 35.4 Å². The predicted molar refractivity (Wildman–Crippen MR) is 105 cm³/mol. The third kappa shape index (κ3) is 5.12. The van der Waals surface area contributed by atoms with Crippen molar-refractivity contribution in [1.29, 1.82) is 0 Å². The molecule has 30 heavy (non-hydrogen) atoms. The molecule has 158 valence electrons. The first-order valence-corrected chi connectivity index (χ1v) is 8.51. The fraction of sp³-hybridized carbons (Fsp3) is 0.238. The molecule has 0 aliphatic heterocycles. The highest BCUT2D eigenvalue weighted by atomic mass is 16.5. The SMILES string of the molecule is COc1cc(C(=O)C(=O)COCC#Cc2cc(O)c(O)c(O)c2)cc(OC)c1OC. The second kappa shape index (κ2) is 10.0. The van der Waals surface area contributed by atoms with Crippen LogP contribution in [0.25, 0.3) is 0 Å². The molecule has 2 rings (SSSR count). The summed E-state index contributed by atoms with van der Waals surface area (Å²) in [6.45, 7) is -0.688. The quantitative estimate of drug-likeness (QED) is 0.193. The molecule has 0 unspecified atom stereocenters. The van der Waals surface area contributed by atoms with Crippen molar-refractivity contribution in [1.82, 2.24) is 0 Å². The maximum Gasteiger partial charge on any atom is 0.231 e. The molecule has 0 spiro atoms. The smallest absolute Gasteiger partial charge is 0.231 e. The summed E-state index contributed by atoms with van der Waals surface area (Å²) < 4.78 is 20.6. The van der Waals surface area contributed by atoms with Crippen LogP contribution in [0, 0.1) is 11.8 Å². The first kappa shape index (κ1) is 22.4. The third-order valence-electron chi connectivity index (χ3n) is 3.89. The maximum atomic E-state index is 12.4. The number of hydrogen-bond donors (Lipinski definition) is 3. The Hall–Kier alpha value is -3.90. The van der Waals surface area contributed by atoms with Crippen LogP contribution in [-0.4, -0.2) is 61.4 Å². The Morgan fingerprint density at radius 1 is 0.900 bits per heavy atom. The van der Waals surface area contributed by atoms with E-state index in [1.807, 2.05) is 0 Å². The average Bonchev–Trinajstić information content (AvgIpc) is 2.75. The number of carbonyl (C=O) groups excluding carboxylic acids is 2. The molecule has 9 nitrogen and oxygen atoms in total. The van der Waals surface area contributed by atoms with Gasteiger partial charge in [-0.3, -0.25) is 9.59 Å². The van der Waals surface area contributed by atoms with Crippen molar-refractivity contribution in [3.8, 4) is 46.3 Å². The predicted octanol–water partition coefficient (Wildman–Crippen LogP) is 1.65. The highest BCUT2D eigenvalue weighted by Gasteiger charge is 2.21. The van der Waals surface area contributed by atoms with Crippen LogP contribution in [-0.2, 0) is 9.53 Å². The number of hydrogen-bond acceptors (Lipinski definition) is 9. The van der Waals surface area contributed by atoms with E-state index in [1.165, 1.54) is 33.5 Å². The molecule has 9 heteroatoms. The summed E-state index contributed by atoms with van der Waals surface area (Å²) >= 11 is 0. The summed E-state index contributed by atoms with van der Waals surface area (Å²) in [6, 6.07) is 5.04. The zero-order valence-corrected chi connectivity index (χ0v) is 16.5. The molecule has 0 heterocycles. The Labute approximate surface area is 172 Å². The van der Waals surface area contributed by atoms with Crippen LogP contribution in [0.2, 0.25) is 0 Å². The fourth-order valence-corrected chi connectivity index (χ4v) is 2.45. The van der Waals surface area contributed by atoms with Crippen LogP contribution in [0.5, 0.6) is 34.5 Å². The molecular weight excluding hydrogens is 396 g/mol. The molecule has 0 radical (unpaired) electrons. The van der Waals surface area contributed by atoms with Crippen molar-refractivity contribution in [3.05, 3.63) is 35.4 Å². The van der Waals surface area contributed by atoms with Gasteiger partial charge in [-0.25, -0.2) is 0 Å². The zero-order chi connectivity index (χ0) is 22.3. The van der Waals surface area contributed by atoms with Gasteiger partial charge in [-0.15, -0.1) is 0 Å². The Balaban J connectivity index is 2.00. The summed E-state index contributed by atoms with van der Waals surface area (Å²) in [5.41, 5.74) is 0.283. The molecular formula is C21H20O9. The number of benzene rings is 2. The summed E-state index contributed by atoms with van der Waals surface area (Å²) in [4.78, 5) is 24.5. The summed E-state index contributed by atoms with van der Waals surface area (Å²) in [7, 11) is 4.20. The zero-order valence-electron chi connectivity index (χ0n) is 16.5. The topological polar surface area (TPSA) is 132 Å². The van der Waals surface area contributed by atoms with Gasteiger partial charge in [0.05, 0.1) is 21.3 Å². The minimum absolute atomic E-state index is 0.0548. The lowest BCUT2D eigenvalue weighted by atomic mass is 10.1. The van der Waals surface area contributed by atoms with Gasteiger partial charge in [0, 0.05) is 11.1 Å². The van der Waals surface area contributed by atoms with Gasteiger partial charge in [0.15, 0.2) is 28.7 Å². The number of methoxy groups -OCH3 is 3. The van der Waals surface area contributed by atoms with Crippen molar-refractivity contribution < 1.29 is 43.9 Å². The van der Waals surface area contributed by atoms with E-state index in [0.29, 0.717) is 5.75 Å². The van der Waals surface area contributed by atoms with Crippen molar-refractivity contribution in [2.75, 3.05) is 34.5 Å². The lowest BCUT2D eigenvalue weighted by Crippen LogP contribution is -2.20. The third-order valence-corrected chi connectivity index (χ3v) is 3.89. The van der Waals surface area contributed by atoms with Gasteiger partial charge in [0.2, 0.25) is 17.3 Å². The second-order valence-corrected chi connectivity index (χ2v) is 5.82. The molecule has 0 amide bonds. The second-order valence-electron chi connectivity index (χ2n) is 5.82. The lowest BCUT2D eigenvalue weighted by Gasteiger charge is -2.13. The lowest BCUT2D eigenvalue weighted by molar-refractivity contribution is -0.118. The summed E-state index contributed by atoms with van der Waals surface area (Å²) in [6.07, 6.45) is 0. The van der Waals surface area contributed by atoms with Crippen LogP contribution in [0.15, 0.2) is 24.3 Å². The number of Topliss-reactive ketones (excluding diaryl/α,β-unsaturated/α-hetero) is 2. The molecule has 0 bridgehead atoms. The normalized spacial score (nSPS) is 9.97. The van der Waals surface area contributed by atoms with E-state index in [0.717, 1.165) is 12.1 Å². The van der Waals surface area contributed by atoms with Crippen LogP contribution < -0.4 is 14.2 Å². The van der Waals surface area contributed by atoms with Crippen LogP contribution >= 0.6 is 0 Å². The van der Waals surface area contributed by atoms with Crippen LogP contribution in [0.3, 0.4) is 0 Å². The molecule has 0 aromatic heterocycles. The van der Waals surface area contributed by atoms with E-state index in [-0.39, 0.29) is 29.2 Å². The summed E-state index contributed by atoms with van der Waals surface area (Å²) in [5, 5.41) is 28.1. The molecule has 0 atom stereocenters. The van der Waals surface area contributed by atoms with E-state index in [2.05, 4.69) is 11.8 Å². The van der Waals surface area contributed by atoms with Gasteiger partial charge in [-0.1, -0.05) is 11.8 Å². The number of phenols is 3. The van der Waals surface area contributed by atoms with Crippen molar-refractivity contribution in [3.63, 3.8) is 0 Å². The maximum absolute atomic E-state index is 12.4. The van der Waals surface area contributed by atoms with Gasteiger partial charge in [0.1, 0.15) is 13.2 Å². The molecule has 2 aromatic carbocycles. The molecule has 0 aliphatic carbocycles. The fourth-order valence-electron chi connectivity index (χ4n) is 2.45. The Kier molecular flexibility index (Phi) is 7.50. The Bertz CT molecular complexity index is 967. The minimum Gasteiger partial charge on any atom is -0.504 e. The van der Waals surface area contributed by atoms with E-state index in [9.17, 15) is 24.9 Å². The van der Waals surface area contributed by atoms with Crippen molar-refractivity contribution in [2.24, 2.45) is 0 Å². The van der Waals surface area contributed by atoms with Crippen molar-refractivity contribution >= 4 is 11.6 Å². The molecule has 0 saturated heterocycles. The number of carbonyl (C=O) groups is 2. The number of phenolic OH excluding ortho intramolecular Hbond substituents is 3. The largest absolute Gasteiger partial charge is 0.504 e. The van der Waals surface area contributed by atoms with E-state index in [4.69, 9.17) is 18.9 Å². The number of aromatic hydroxyl groups is 3.